The van der Waals surface area contributed by atoms with E-state index in [0.29, 0.717) is 23.8 Å². The Morgan fingerprint density at radius 2 is 1.93 bits per heavy atom. The highest BCUT2D eigenvalue weighted by Gasteiger charge is 2.30. The van der Waals surface area contributed by atoms with Crippen LogP contribution in [0.1, 0.15) is 36.8 Å². The van der Waals surface area contributed by atoms with E-state index in [1.54, 1.807) is 36.3 Å². The number of methoxy groups -OCH3 is 1. The smallest absolute Gasteiger partial charge is 0.277 e. The maximum absolute atomic E-state index is 13.0. The van der Waals surface area contributed by atoms with Crippen molar-refractivity contribution in [1.29, 1.82) is 0 Å². The first-order valence-electron chi connectivity index (χ1n) is 9.80. The molecule has 0 saturated carbocycles. The number of nitrogens with zero attached hydrogens (tertiary/aromatic N) is 2. The van der Waals surface area contributed by atoms with Gasteiger partial charge in [0.2, 0.25) is 0 Å². The van der Waals surface area contributed by atoms with Gasteiger partial charge >= 0.3 is 0 Å². The van der Waals surface area contributed by atoms with Crippen LogP contribution in [-0.2, 0) is 11.4 Å². The summed E-state index contributed by atoms with van der Waals surface area (Å²) in [7, 11) is 1.57. The number of fused-ring (bicyclic) bond motifs is 1. The molecule has 29 heavy (non-hydrogen) atoms. The van der Waals surface area contributed by atoms with Crippen LogP contribution in [0.3, 0.4) is 0 Å². The van der Waals surface area contributed by atoms with E-state index in [4.69, 9.17) is 9.47 Å². The van der Waals surface area contributed by atoms with E-state index in [9.17, 15) is 9.18 Å². The average Bonchev–Trinajstić information content (AvgIpc) is 2.89. The van der Waals surface area contributed by atoms with Gasteiger partial charge in [-0.05, 0) is 54.3 Å². The number of rotatable bonds is 5. The quantitative estimate of drug-likeness (QED) is 0.698. The normalized spacial score (nSPS) is 17.7. The molecule has 0 atom stereocenters. The molecular weight excluding hydrogens is 371 g/mol. The molecule has 1 amide bonds. The first-order chi connectivity index (χ1) is 14.1. The molecule has 0 spiro atoms. The maximum atomic E-state index is 13.0. The number of hydrogen-bond acceptors (Lipinski definition) is 4. The number of aliphatic imine (C=N–C) groups is 1. The van der Waals surface area contributed by atoms with Gasteiger partial charge in [0, 0.05) is 13.0 Å². The van der Waals surface area contributed by atoms with Crippen LogP contribution in [0.5, 0.6) is 11.5 Å². The lowest BCUT2D eigenvalue weighted by Crippen LogP contribution is -2.31. The molecule has 0 radical (unpaired) electrons. The summed E-state index contributed by atoms with van der Waals surface area (Å²) in [6.45, 7) is 1.05. The van der Waals surface area contributed by atoms with Gasteiger partial charge < -0.3 is 9.47 Å². The number of hydrogen-bond donors (Lipinski definition) is 0. The summed E-state index contributed by atoms with van der Waals surface area (Å²) in [4.78, 5) is 19.0. The van der Waals surface area contributed by atoms with Crippen molar-refractivity contribution in [3.8, 4) is 11.5 Å². The van der Waals surface area contributed by atoms with E-state index in [0.717, 1.165) is 49.2 Å². The number of amidine groups is 1. The zero-order chi connectivity index (χ0) is 20.2. The van der Waals surface area contributed by atoms with Crippen LogP contribution in [0.15, 0.2) is 53.2 Å². The summed E-state index contributed by atoms with van der Waals surface area (Å²) < 4.78 is 24.3. The third kappa shape index (κ3) is 4.31. The number of ether oxygens (including phenoxy) is 2. The highest BCUT2D eigenvalue weighted by molar-refractivity contribution is 6.14. The second-order valence-corrected chi connectivity index (χ2v) is 7.15. The number of benzene rings is 2. The summed E-state index contributed by atoms with van der Waals surface area (Å²) in [6, 6.07) is 11.7. The first-order valence-corrected chi connectivity index (χ1v) is 9.80. The topological polar surface area (TPSA) is 51.1 Å². The number of carbonyl (C=O) groups is 1. The van der Waals surface area contributed by atoms with Crippen molar-refractivity contribution in [2.75, 3.05) is 13.7 Å². The fourth-order valence-corrected chi connectivity index (χ4v) is 3.54. The number of carbonyl (C=O) groups excluding carboxylic acids is 1. The van der Waals surface area contributed by atoms with E-state index < -0.39 is 0 Å². The van der Waals surface area contributed by atoms with Crippen molar-refractivity contribution >= 4 is 17.8 Å². The van der Waals surface area contributed by atoms with Gasteiger partial charge in [0.25, 0.3) is 5.91 Å². The van der Waals surface area contributed by atoms with Crippen LogP contribution < -0.4 is 9.47 Å². The highest BCUT2D eigenvalue weighted by atomic mass is 19.1. The van der Waals surface area contributed by atoms with Gasteiger partial charge in [-0.25, -0.2) is 9.38 Å². The van der Waals surface area contributed by atoms with Gasteiger partial charge in [0.1, 0.15) is 24.0 Å². The zero-order valence-corrected chi connectivity index (χ0v) is 16.4. The van der Waals surface area contributed by atoms with E-state index >= 15 is 0 Å². The summed E-state index contributed by atoms with van der Waals surface area (Å²) in [6.07, 6.45) is 5.87. The minimum absolute atomic E-state index is 0.0301. The SMILES string of the molecule is COc1cc(/C=C2/N=C3CCCCCN3C2=O)ccc1OCc1ccc(F)cc1. The van der Waals surface area contributed by atoms with Crippen LogP contribution in [0.4, 0.5) is 4.39 Å². The molecule has 4 rings (SSSR count). The molecule has 2 aromatic carbocycles. The monoisotopic (exact) mass is 394 g/mol. The molecule has 5 nitrogen and oxygen atoms in total. The zero-order valence-electron chi connectivity index (χ0n) is 16.4. The van der Waals surface area contributed by atoms with Gasteiger partial charge in [0.05, 0.1) is 7.11 Å². The Kier molecular flexibility index (Phi) is 5.60. The van der Waals surface area contributed by atoms with Gasteiger partial charge in [-0.1, -0.05) is 24.6 Å². The molecule has 0 N–H and O–H groups in total. The van der Waals surface area contributed by atoms with Crippen molar-refractivity contribution in [2.45, 2.75) is 32.3 Å². The van der Waals surface area contributed by atoms with Crippen LogP contribution >= 0.6 is 0 Å². The van der Waals surface area contributed by atoms with Gasteiger partial charge in [-0.2, -0.15) is 0 Å². The Morgan fingerprint density at radius 3 is 2.72 bits per heavy atom. The second-order valence-electron chi connectivity index (χ2n) is 7.15. The molecule has 0 aliphatic carbocycles. The average molecular weight is 394 g/mol. The number of amides is 1. The Labute approximate surface area is 169 Å². The van der Waals surface area contributed by atoms with Gasteiger partial charge in [-0.3, -0.25) is 9.69 Å². The molecule has 0 unspecified atom stereocenters. The fraction of sp³-hybridized carbons (Fsp3) is 0.304. The Morgan fingerprint density at radius 1 is 1.10 bits per heavy atom. The van der Waals surface area contributed by atoms with Crippen molar-refractivity contribution < 1.29 is 18.7 Å². The van der Waals surface area contributed by atoms with Crippen LogP contribution in [-0.4, -0.2) is 30.3 Å². The van der Waals surface area contributed by atoms with E-state index in [1.165, 1.54) is 12.1 Å². The standard InChI is InChI=1S/C23H23FN2O3/c1-28-21-14-17(8-11-20(21)29-15-16-6-9-18(24)10-7-16)13-19-23(27)26-12-4-2-3-5-22(26)25-19/h6-11,13-14H,2-5,12,15H2,1H3/b19-13+. The molecule has 150 valence electrons. The third-order valence-corrected chi connectivity index (χ3v) is 5.11. The summed E-state index contributed by atoms with van der Waals surface area (Å²) in [5, 5.41) is 0. The molecule has 6 heteroatoms. The molecule has 1 saturated heterocycles. The summed E-state index contributed by atoms with van der Waals surface area (Å²) in [5.41, 5.74) is 2.14. The van der Waals surface area contributed by atoms with Crippen LogP contribution in [0, 0.1) is 5.82 Å². The van der Waals surface area contributed by atoms with Crippen molar-refractivity contribution in [2.24, 2.45) is 4.99 Å². The van der Waals surface area contributed by atoms with Crippen LogP contribution in [0.2, 0.25) is 0 Å². The summed E-state index contributed by atoms with van der Waals surface area (Å²) >= 11 is 0. The van der Waals surface area contributed by atoms with E-state index in [2.05, 4.69) is 4.99 Å². The maximum Gasteiger partial charge on any atom is 0.277 e. The first kappa shape index (κ1) is 19.2. The molecule has 2 aliphatic heterocycles. The van der Waals surface area contributed by atoms with Crippen molar-refractivity contribution in [1.82, 2.24) is 4.90 Å². The number of halogens is 1. The van der Waals surface area contributed by atoms with Crippen molar-refractivity contribution in [3.63, 3.8) is 0 Å². The predicted molar refractivity (Wildman–Crippen MR) is 109 cm³/mol. The fourth-order valence-electron chi connectivity index (χ4n) is 3.54. The van der Waals surface area contributed by atoms with E-state index in [-0.39, 0.29) is 11.7 Å². The second kappa shape index (κ2) is 8.47. The van der Waals surface area contributed by atoms with Crippen molar-refractivity contribution in [3.05, 3.63) is 65.1 Å². The Hall–Kier alpha value is -3.15. The third-order valence-electron chi connectivity index (χ3n) is 5.11. The lowest BCUT2D eigenvalue weighted by molar-refractivity contribution is -0.122. The predicted octanol–water partition coefficient (Wildman–Crippen LogP) is 4.57. The largest absolute Gasteiger partial charge is 0.493 e. The Bertz CT molecular complexity index is 967. The molecule has 0 aromatic heterocycles. The van der Waals surface area contributed by atoms with Gasteiger partial charge in [-0.15, -0.1) is 0 Å². The molecule has 0 bridgehead atoms. The molecular formula is C23H23FN2O3. The van der Waals surface area contributed by atoms with E-state index in [1.807, 2.05) is 12.1 Å². The van der Waals surface area contributed by atoms with Gasteiger partial charge in [0.15, 0.2) is 11.5 Å². The lowest BCUT2D eigenvalue weighted by Gasteiger charge is -2.14. The lowest BCUT2D eigenvalue weighted by atomic mass is 10.1. The summed E-state index contributed by atoms with van der Waals surface area (Å²) in [5.74, 6) is 1.72. The molecule has 2 heterocycles. The minimum Gasteiger partial charge on any atom is -0.493 e. The molecule has 2 aliphatic rings. The minimum atomic E-state index is -0.277. The Balaban J connectivity index is 1.51. The highest BCUT2D eigenvalue weighted by Crippen LogP contribution is 2.31. The van der Waals surface area contributed by atoms with Crippen LogP contribution in [0.25, 0.3) is 6.08 Å². The molecule has 2 aromatic rings. The molecule has 1 fully saturated rings.